The van der Waals surface area contributed by atoms with Crippen molar-refractivity contribution in [1.29, 1.82) is 0 Å². The smallest absolute Gasteiger partial charge is 0.279 e. The highest BCUT2D eigenvalue weighted by molar-refractivity contribution is 7.16. The molecule has 0 N–H and O–H groups in total. The standard InChI is InChI=1S/C18H16ClFN2O2S/c1-2-24-9-8-22-15-7-6-13(19)11-16(15)25-18(22)21-17(23)12-4-3-5-14(20)10-12/h3-7,10-11H,2,8-9H2,1H3. The molecule has 0 saturated carbocycles. The average Bonchev–Trinajstić information content (AvgIpc) is 2.91. The molecule has 0 spiro atoms. The second-order valence-corrected chi connectivity index (χ2v) is 6.72. The number of hydrogen-bond acceptors (Lipinski definition) is 3. The van der Waals surface area contributed by atoms with E-state index in [1.807, 2.05) is 23.6 Å². The lowest BCUT2D eigenvalue weighted by Gasteiger charge is -2.05. The van der Waals surface area contributed by atoms with E-state index in [9.17, 15) is 9.18 Å². The number of hydrogen-bond donors (Lipinski definition) is 0. The van der Waals surface area contributed by atoms with Crippen molar-refractivity contribution in [1.82, 2.24) is 4.57 Å². The van der Waals surface area contributed by atoms with Crippen molar-refractivity contribution in [2.45, 2.75) is 13.5 Å². The van der Waals surface area contributed by atoms with Crippen molar-refractivity contribution in [2.75, 3.05) is 13.2 Å². The number of halogens is 2. The number of benzene rings is 2. The first-order chi connectivity index (χ1) is 12.1. The molecule has 0 unspecified atom stereocenters. The van der Waals surface area contributed by atoms with Crippen molar-refractivity contribution >= 4 is 39.1 Å². The molecular formula is C18H16ClFN2O2S. The molecule has 3 aromatic rings. The number of fused-ring (bicyclic) bond motifs is 1. The van der Waals surface area contributed by atoms with Crippen molar-refractivity contribution in [3.05, 3.63) is 63.7 Å². The highest BCUT2D eigenvalue weighted by Crippen LogP contribution is 2.22. The van der Waals surface area contributed by atoms with E-state index in [2.05, 4.69) is 4.99 Å². The molecule has 3 rings (SSSR count). The first kappa shape index (κ1) is 17.8. The predicted molar refractivity (Wildman–Crippen MR) is 97.6 cm³/mol. The Bertz CT molecular complexity index is 981. The SMILES string of the molecule is CCOCCn1c(=NC(=O)c2cccc(F)c2)sc2cc(Cl)ccc21. The van der Waals surface area contributed by atoms with Crippen LogP contribution in [0.3, 0.4) is 0 Å². The highest BCUT2D eigenvalue weighted by atomic mass is 35.5. The van der Waals surface area contributed by atoms with Crippen molar-refractivity contribution < 1.29 is 13.9 Å². The second kappa shape index (κ2) is 7.91. The minimum absolute atomic E-state index is 0.215. The molecule has 0 aliphatic heterocycles. The number of amides is 1. The third-order valence-corrected chi connectivity index (χ3v) is 4.85. The van der Waals surface area contributed by atoms with E-state index in [4.69, 9.17) is 16.3 Å². The summed E-state index contributed by atoms with van der Waals surface area (Å²) in [7, 11) is 0. The van der Waals surface area contributed by atoms with Gasteiger partial charge in [0.05, 0.1) is 16.8 Å². The number of carbonyl (C=O) groups excluding carboxylic acids is 1. The molecular weight excluding hydrogens is 363 g/mol. The van der Waals surface area contributed by atoms with Gasteiger partial charge in [0.1, 0.15) is 5.82 Å². The summed E-state index contributed by atoms with van der Waals surface area (Å²) < 4.78 is 21.6. The molecule has 0 fully saturated rings. The van der Waals surface area contributed by atoms with Gasteiger partial charge in [0.2, 0.25) is 0 Å². The van der Waals surface area contributed by atoms with Gasteiger partial charge in [-0.2, -0.15) is 4.99 Å². The molecule has 0 saturated heterocycles. The first-order valence-corrected chi connectivity index (χ1v) is 8.99. The normalized spacial score (nSPS) is 12.0. The Morgan fingerprint density at radius 3 is 2.92 bits per heavy atom. The minimum atomic E-state index is -0.484. The van der Waals surface area contributed by atoms with E-state index in [0.29, 0.717) is 29.6 Å². The zero-order chi connectivity index (χ0) is 17.8. The van der Waals surface area contributed by atoms with Crippen LogP contribution in [-0.4, -0.2) is 23.7 Å². The van der Waals surface area contributed by atoms with Crippen LogP contribution < -0.4 is 4.80 Å². The molecule has 0 radical (unpaired) electrons. The van der Waals surface area contributed by atoms with Crippen LogP contribution in [0.4, 0.5) is 4.39 Å². The topological polar surface area (TPSA) is 43.6 Å². The molecule has 0 aliphatic rings. The fourth-order valence-electron chi connectivity index (χ4n) is 2.42. The molecule has 25 heavy (non-hydrogen) atoms. The molecule has 1 amide bonds. The Kier molecular flexibility index (Phi) is 5.63. The quantitative estimate of drug-likeness (QED) is 0.622. The maximum Gasteiger partial charge on any atom is 0.279 e. The van der Waals surface area contributed by atoms with Gasteiger partial charge in [-0.25, -0.2) is 4.39 Å². The molecule has 130 valence electrons. The largest absolute Gasteiger partial charge is 0.380 e. The highest BCUT2D eigenvalue weighted by Gasteiger charge is 2.10. The summed E-state index contributed by atoms with van der Waals surface area (Å²) in [6.07, 6.45) is 0. The number of thiazole rings is 1. The van der Waals surface area contributed by atoms with Crippen LogP contribution in [0.1, 0.15) is 17.3 Å². The molecule has 1 aromatic heterocycles. The van der Waals surface area contributed by atoms with E-state index in [1.54, 1.807) is 12.1 Å². The van der Waals surface area contributed by atoms with Crippen LogP contribution in [0, 0.1) is 5.82 Å². The van der Waals surface area contributed by atoms with Crippen LogP contribution in [-0.2, 0) is 11.3 Å². The van der Waals surface area contributed by atoms with Gasteiger partial charge in [-0.1, -0.05) is 29.0 Å². The zero-order valence-electron chi connectivity index (χ0n) is 13.5. The van der Waals surface area contributed by atoms with E-state index in [1.165, 1.54) is 29.5 Å². The number of ether oxygens (including phenoxy) is 1. The van der Waals surface area contributed by atoms with Crippen LogP contribution in [0.5, 0.6) is 0 Å². The van der Waals surface area contributed by atoms with Crippen LogP contribution in [0.25, 0.3) is 10.2 Å². The number of nitrogens with zero attached hydrogens (tertiary/aromatic N) is 2. The molecule has 0 atom stereocenters. The van der Waals surface area contributed by atoms with Gasteiger partial charge >= 0.3 is 0 Å². The van der Waals surface area contributed by atoms with Crippen molar-refractivity contribution in [2.24, 2.45) is 4.99 Å². The summed E-state index contributed by atoms with van der Waals surface area (Å²) in [6.45, 7) is 3.61. The van der Waals surface area contributed by atoms with Gasteiger partial charge < -0.3 is 9.30 Å². The van der Waals surface area contributed by atoms with Gasteiger partial charge in [-0.15, -0.1) is 0 Å². The Labute approximate surface area is 153 Å². The van der Waals surface area contributed by atoms with Crippen LogP contribution in [0.2, 0.25) is 5.02 Å². The van der Waals surface area contributed by atoms with E-state index in [0.717, 1.165) is 10.2 Å². The Morgan fingerprint density at radius 1 is 1.32 bits per heavy atom. The summed E-state index contributed by atoms with van der Waals surface area (Å²) in [4.78, 5) is 17.1. The summed E-state index contributed by atoms with van der Waals surface area (Å²) in [5, 5.41) is 0.619. The third kappa shape index (κ3) is 4.15. The van der Waals surface area contributed by atoms with E-state index >= 15 is 0 Å². The zero-order valence-corrected chi connectivity index (χ0v) is 15.1. The lowest BCUT2D eigenvalue weighted by Crippen LogP contribution is -2.19. The van der Waals surface area contributed by atoms with Gasteiger partial charge in [0.25, 0.3) is 5.91 Å². The first-order valence-electron chi connectivity index (χ1n) is 7.79. The summed E-state index contributed by atoms with van der Waals surface area (Å²) in [5.41, 5.74) is 1.15. The molecule has 2 aromatic carbocycles. The predicted octanol–water partition coefficient (Wildman–Crippen LogP) is 4.27. The third-order valence-electron chi connectivity index (χ3n) is 3.58. The van der Waals surface area contributed by atoms with Gasteiger partial charge in [0, 0.05) is 23.7 Å². The lowest BCUT2D eigenvalue weighted by molar-refractivity contribution is 0.0996. The summed E-state index contributed by atoms with van der Waals surface area (Å²) >= 11 is 7.42. The Hall–Kier alpha value is -2.02. The number of aromatic nitrogens is 1. The average molecular weight is 379 g/mol. The second-order valence-electron chi connectivity index (χ2n) is 5.27. The fourth-order valence-corrected chi connectivity index (χ4v) is 3.75. The molecule has 4 nitrogen and oxygen atoms in total. The van der Waals surface area contributed by atoms with Crippen LogP contribution in [0.15, 0.2) is 47.5 Å². The minimum Gasteiger partial charge on any atom is -0.380 e. The van der Waals surface area contributed by atoms with Gasteiger partial charge in [-0.05, 0) is 43.3 Å². The number of rotatable bonds is 5. The van der Waals surface area contributed by atoms with Crippen molar-refractivity contribution in [3.63, 3.8) is 0 Å². The monoisotopic (exact) mass is 378 g/mol. The lowest BCUT2D eigenvalue weighted by atomic mass is 10.2. The molecule has 0 aliphatic carbocycles. The van der Waals surface area contributed by atoms with Gasteiger partial charge in [-0.3, -0.25) is 4.79 Å². The maximum absolute atomic E-state index is 13.3. The summed E-state index contributed by atoms with van der Waals surface area (Å²) in [6, 6.07) is 11.0. The Balaban J connectivity index is 2.06. The number of carbonyl (C=O) groups is 1. The van der Waals surface area contributed by atoms with Crippen molar-refractivity contribution in [3.8, 4) is 0 Å². The molecule has 1 heterocycles. The van der Waals surface area contributed by atoms with Gasteiger partial charge in [0.15, 0.2) is 4.80 Å². The van der Waals surface area contributed by atoms with Crippen LogP contribution >= 0.6 is 22.9 Å². The maximum atomic E-state index is 13.3. The molecule has 7 heteroatoms. The Morgan fingerprint density at radius 2 is 2.16 bits per heavy atom. The fraction of sp³-hybridized carbons (Fsp3) is 0.222. The van der Waals surface area contributed by atoms with E-state index < -0.39 is 11.7 Å². The summed E-state index contributed by atoms with van der Waals surface area (Å²) in [5.74, 6) is -0.948. The molecule has 0 bridgehead atoms. The van der Waals surface area contributed by atoms with E-state index in [-0.39, 0.29) is 5.56 Å².